The van der Waals surface area contributed by atoms with Gasteiger partial charge < -0.3 is 15.0 Å². The fraction of sp³-hybridized carbons (Fsp3) is 0.321. The Labute approximate surface area is 226 Å². The molecule has 1 N–H and O–H groups in total. The van der Waals surface area contributed by atoms with E-state index in [1.165, 1.54) is 27.4 Å². The molecule has 9 nitrogen and oxygen atoms in total. The van der Waals surface area contributed by atoms with Crippen LogP contribution in [0.15, 0.2) is 71.6 Å². The van der Waals surface area contributed by atoms with E-state index < -0.39 is 46.3 Å². The molecule has 0 aromatic heterocycles. The van der Waals surface area contributed by atoms with Gasteiger partial charge in [-0.05, 0) is 41.0 Å². The van der Waals surface area contributed by atoms with E-state index in [0.29, 0.717) is 0 Å². The van der Waals surface area contributed by atoms with E-state index in [1.807, 2.05) is 24.3 Å². The molecule has 0 saturated carbocycles. The lowest BCUT2D eigenvalue weighted by Gasteiger charge is -2.34. The van der Waals surface area contributed by atoms with Crippen molar-refractivity contribution in [1.29, 1.82) is 0 Å². The smallest absolute Gasteiger partial charge is 0.329 e. The summed E-state index contributed by atoms with van der Waals surface area (Å²) in [6.07, 6.45) is 0. The SMILES string of the molecule is CC(C)C(NC(=O)c1ccccc1F)C(=O)OCC(=O)N1CCN(S(=O)(=O)c2ccc3ccccc3c2)CC1. The van der Waals surface area contributed by atoms with E-state index in [9.17, 15) is 27.2 Å². The summed E-state index contributed by atoms with van der Waals surface area (Å²) in [7, 11) is -3.74. The van der Waals surface area contributed by atoms with Crippen LogP contribution in [-0.2, 0) is 24.3 Å². The highest BCUT2D eigenvalue weighted by atomic mass is 32.2. The average Bonchev–Trinajstić information content (AvgIpc) is 2.94. The minimum atomic E-state index is -3.74. The Morgan fingerprint density at radius 1 is 0.923 bits per heavy atom. The van der Waals surface area contributed by atoms with E-state index >= 15 is 0 Å². The molecule has 0 aliphatic carbocycles. The third-order valence-corrected chi connectivity index (χ3v) is 8.51. The quantitative estimate of drug-likeness (QED) is 0.428. The lowest BCUT2D eigenvalue weighted by atomic mass is 10.0. The standard InChI is InChI=1S/C28H30FN3O6S/c1-19(2)26(30-27(34)23-9-5-6-10-24(23)29)28(35)38-18-25(33)31-13-15-32(16-14-31)39(36,37)22-12-11-20-7-3-4-8-21(20)17-22/h3-12,17,19,26H,13-16,18H2,1-2H3,(H,30,34). The molecule has 1 aliphatic heterocycles. The van der Waals surface area contributed by atoms with Crippen molar-refractivity contribution in [3.05, 3.63) is 78.1 Å². The Bertz CT molecular complexity index is 1490. The minimum Gasteiger partial charge on any atom is -0.454 e. The number of hydrogen-bond donors (Lipinski definition) is 1. The van der Waals surface area contributed by atoms with E-state index in [4.69, 9.17) is 4.74 Å². The molecule has 0 bridgehead atoms. The van der Waals surface area contributed by atoms with Crippen molar-refractivity contribution < 1.29 is 31.9 Å². The summed E-state index contributed by atoms with van der Waals surface area (Å²) < 4.78 is 46.8. The molecule has 1 fully saturated rings. The summed E-state index contributed by atoms with van der Waals surface area (Å²) in [5, 5.41) is 4.23. The van der Waals surface area contributed by atoms with E-state index in [0.717, 1.165) is 16.8 Å². The highest BCUT2D eigenvalue weighted by molar-refractivity contribution is 7.89. The first kappa shape index (κ1) is 28.2. The number of carbonyl (C=O) groups excluding carboxylic acids is 3. The summed E-state index contributed by atoms with van der Waals surface area (Å²) in [5.41, 5.74) is -0.205. The Hall–Kier alpha value is -3.83. The molecule has 39 heavy (non-hydrogen) atoms. The lowest BCUT2D eigenvalue weighted by Crippen LogP contribution is -2.52. The van der Waals surface area contributed by atoms with Crippen molar-refractivity contribution in [2.45, 2.75) is 24.8 Å². The summed E-state index contributed by atoms with van der Waals surface area (Å²) in [5.74, 6) is -3.16. The number of hydrogen-bond acceptors (Lipinski definition) is 6. The Morgan fingerprint density at radius 3 is 2.23 bits per heavy atom. The molecule has 0 spiro atoms. The van der Waals surface area contributed by atoms with Crippen molar-refractivity contribution in [1.82, 2.24) is 14.5 Å². The molecule has 206 valence electrons. The highest BCUT2D eigenvalue weighted by Crippen LogP contribution is 2.23. The number of nitrogens with one attached hydrogen (secondary N) is 1. The van der Waals surface area contributed by atoms with E-state index in [2.05, 4.69) is 5.32 Å². The van der Waals surface area contributed by atoms with Crippen LogP contribution in [0.4, 0.5) is 4.39 Å². The summed E-state index contributed by atoms with van der Waals surface area (Å²) in [4.78, 5) is 39.4. The molecule has 11 heteroatoms. The molecule has 3 aromatic carbocycles. The number of carbonyl (C=O) groups is 3. The van der Waals surface area contributed by atoms with Crippen LogP contribution in [0.3, 0.4) is 0 Å². The molecule has 1 unspecified atom stereocenters. The predicted molar refractivity (Wildman–Crippen MR) is 143 cm³/mol. The van der Waals surface area contributed by atoms with Gasteiger partial charge in [-0.25, -0.2) is 17.6 Å². The van der Waals surface area contributed by atoms with Gasteiger partial charge in [0.05, 0.1) is 10.5 Å². The second-order valence-electron chi connectivity index (χ2n) is 9.58. The minimum absolute atomic E-state index is 0.0994. The van der Waals surface area contributed by atoms with Crippen LogP contribution >= 0.6 is 0 Å². The predicted octanol–water partition coefficient (Wildman–Crippen LogP) is 2.81. The van der Waals surface area contributed by atoms with Gasteiger partial charge in [0.25, 0.3) is 11.8 Å². The van der Waals surface area contributed by atoms with Crippen LogP contribution in [0.25, 0.3) is 10.8 Å². The van der Waals surface area contributed by atoms with Crippen LogP contribution in [0.5, 0.6) is 0 Å². The monoisotopic (exact) mass is 555 g/mol. The van der Waals surface area contributed by atoms with Crippen molar-refractivity contribution in [3.63, 3.8) is 0 Å². The van der Waals surface area contributed by atoms with Crippen LogP contribution in [0.1, 0.15) is 24.2 Å². The number of rotatable bonds is 8. The maximum absolute atomic E-state index is 13.9. The molecule has 1 saturated heterocycles. The number of benzene rings is 3. The van der Waals surface area contributed by atoms with Crippen LogP contribution in [0, 0.1) is 11.7 Å². The number of halogens is 1. The van der Waals surface area contributed by atoms with Crippen molar-refractivity contribution >= 4 is 38.6 Å². The van der Waals surface area contributed by atoms with Gasteiger partial charge in [-0.1, -0.05) is 56.3 Å². The normalized spacial score (nSPS) is 15.2. The first-order chi connectivity index (χ1) is 18.6. The molecule has 4 rings (SSSR count). The Morgan fingerprint density at radius 2 is 1.56 bits per heavy atom. The van der Waals surface area contributed by atoms with Gasteiger partial charge in [-0.15, -0.1) is 0 Å². The zero-order chi connectivity index (χ0) is 28.2. The van der Waals surface area contributed by atoms with Gasteiger partial charge in [-0.2, -0.15) is 4.31 Å². The number of piperazine rings is 1. The number of esters is 1. The fourth-order valence-corrected chi connectivity index (χ4v) is 5.79. The van der Waals surface area contributed by atoms with Gasteiger partial charge in [0.15, 0.2) is 6.61 Å². The van der Waals surface area contributed by atoms with Crippen molar-refractivity contribution in [2.75, 3.05) is 32.8 Å². The molecular formula is C28H30FN3O6S. The Balaban J connectivity index is 1.31. The summed E-state index contributed by atoms with van der Waals surface area (Å²) in [6, 6.07) is 16.8. The van der Waals surface area contributed by atoms with Crippen LogP contribution in [0.2, 0.25) is 0 Å². The van der Waals surface area contributed by atoms with Gasteiger partial charge in [0.1, 0.15) is 11.9 Å². The van der Waals surface area contributed by atoms with Gasteiger partial charge in [0.2, 0.25) is 10.0 Å². The largest absolute Gasteiger partial charge is 0.454 e. The summed E-state index contributed by atoms with van der Waals surface area (Å²) >= 11 is 0. The third kappa shape index (κ3) is 6.43. The molecule has 1 atom stereocenters. The van der Waals surface area contributed by atoms with Gasteiger partial charge >= 0.3 is 5.97 Å². The second-order valence-corrected chi connectivity index (χ2v) is 11.5. The molecule has 2 amide bonds. The summed E-state index contributed by atoms with van der Waals surface area (Å²) in [6.45, 7) is 3.29. The number of nitrogens with zero attached hydrogens (tertiary/aromatic N) is 2. The van der Waals surface area contributed by atoms with E-state index in [-0.39, 0.29) is 42.6 Å². The fourth-order valence-electron chi connectivity index (χ4n) is 4.33. The van der Waals surface area contributed by atoms with E-state index in [1.54, 1.807) is 32.0 Å². The van der Waals surface area contributed by atoms with Gasteiger partial charge in [-0.3, -0.25) is 9.59 Å². The molecule has 1 heterocycles. The second kappa shape index (κ2) is 11.9. The molecular weight excluding hydrogens is 525 g/mol. The first-order valence-electron chi connectivity index (χ1n) is 12.6. The van der Waals surface area contributed by atoms with Crippen molar-refractivity contribution in [3.8, 4) is 0 Å². The highest BCUT2D eigenvalue weighted by Gasteiger charge is 2.32. The topological polar surface area (TPSA) is 113 Å². The molecule has 1 aliphatic rings. The number of ether oxygens (including phenoxy) is 1. The van der Waals surface area contributed by atoms with Crippen LogP contribution in [-0.4, -0.2) is 74.2 Å². The van der Waals surface area contributed by atoms with Gasteiger partial charge in [0, 0.05) is 26.2 Å². The molecule has 3 aromatic rings. The number of amides is 2. The van der Waals surface area contributed by atoms with Crippen LogP contribution < -0.4 is 5.32 Å². The average molecular weight is 556 g/mol. The zero-order valence-corrected chi connectivity index (χ0v) is 22.5. The zero-order valence-electron chi connectivity index (χ0n) is 21.7. The maximum atomic E-state index is 13.9. The van der Waals surface area contributed by atoms with Crippen molar-refractivity contribution in [2.24, 2.45) is 5.92 Å². The first-order valence-corrected chi connectivity index (χ1v) is 14.0. The molecule has 0 radical (unpaired) electrons. The lowest BCUT2D eigenvalue weighted by molar-refractivity contribution is -0.154. The number of sulfonamides is 1. The third-order valence-electron chi connectivity index (χ3n) is 6.61. The number of fused-ring (bicyclic) bond motifs is 1. The maximum Gasteiger partial charge on any atom is 0.329 e. The Kier molecular flexibility index (Phi) is 8.61.